The summed E-state index contributed by atoms with van der Waals surface area (Å²) >= 11 is 1.61. The number of rotatable bonds is 4. The highest BCUT2D eigenvalue weighted by molar-refractivity contribution is 7.17. The molecule has 1 aromatic carbocycles. The molecule has 160 valence electrons. The summed E-state index contributed by atoms with van der Waals surface area (Å²) < 4.78 is 0. The number of urea groups is 1. The number of nitrogens with zero attached hydrogens (tertiary/aromatic N) is 4. The molecule has 8 nitrogen and oxygen atoms in total. The maximum Gasteiger partial charge on any atom is 0.322 e. The fraction of sp³-hybridized carbons (Fsp3) is 0.364. The minimum atomic E-state index is -0.906. The van der Waals surface area contributed by atoms with Gasteiger partial charge in [-0.05, 0) is 32.5 Å². The lowest BCUT2D eigenvalue weighted by Gasteiger charge is -2.39. The van der Waals surface area contributed by atoms with Gasteiger partial charge in [0.1, 0.15) is 22.0 Å². The molecule has 0 aliphatic carbocycles. The number of hydrogen-bond donors (Lipinski definition) is 2. The van der Waals surface area contributed by atoms with E-state index < -0.39 is 11.6 Å². The average Bonchev–Trinajstić information content (AvgIpc) is 3.28. The summed E-state index contributed by atoms with van der Waals surface area (Å²) in [6.07, 6.45) is 1.40. The Kier molecular flexibility index (Phi) is 4.86. The van der Waals surface area contributed by atoms with E-state index in [-0.39, 0.29) is 5.91 Å². The second kappa shape index (κ2) is 7.58. The second-order valence-corrected chi connectivity index (χ2v) is 9.27. The number of amides is 3. The molecule has 2 aliphatic heterocycles. The highest BCUT2D eigenvalue weighted by atomic mass is 32.1. The first-order valence-corrected chi connectivity index (χ1v) is 11.2. The van der Waals surface area contributed by atoms with E-state index in [1.165, 1.54) is 0 Å². The molecule has 2 aromatic heterocycles. The van der Waals surface area contributed by atoms with Crippen molar-refractivity contribution < 1.29 is 9.59 Å². The van der Waals surface area contributed by atoms with Crippen LogP contribution in [0.25, 0.3) is 21.3 Å². The van der Waals surface area contributed by atoms with Crippen LogP contribution in [0.4, 0.5) is 10.6 Å². The van der Waals surface area contributed by atoms with Gasteiger partial charge in [-0.2, -0.15) is 0 Å². The molecule has 2 saturated heterocycles. The van der Waals surface area contributed by atoms with E-state index in [0.717, 1.165) is 46.0 Å². The lowest BCUT2D eigenvalue weighted by molar-refractivity contribution is -0.124. The molecule has 4 heterocycles. The van der Waals surface area contributed by atoms with Crippen LogP contribution < -0.4 is 15.5 Å². The Hall–Kier alpha value is -3.04. The number of carbonyl (C=O) groups excluding carboxylic acids is 2. The molecule has 2 N–H and O–H groups in total. The normalized spacial score (nSPS) is 21.2. The van der Waals surface area contributed by atoms with Crippen LogP contribution in [0.5, 0.6) is 0 Å². The smallest absolute Gasteiger partial charge is 0.322 e. The highest BCUT2D eigenvalue weighted by Crippen LogP contribution is 2.40. The molecule has 0 saturated carbocycles. The van der Waals surface area contributed by atoms with Crippen LogP contribution >= 0.6 is 11.3 Å². The number of thiophene rings is 1. The summed E-state index contributed by atoms with van der Waals surface area (Å²) in [6.45, 7) is 1.78. The van der Waals surface area contributed by atoms with E-state index in [9.17, 15) is 9.59 Å². The summed E-state index contributed by atoms with van der Waals surface area (Å²) in [5.41, 5.74) is 1.29. The number of benzene rings is 1. The number of carbonyl (C=O) groups is 2. The zero-order valence-electron chi connectivity index (χ0n) is 17.5. The maximum absolute atomic E-state index is 12.6. The standard InChI is InChI=1S/C22H24N6O2S/c1-27(2)11-16-23-18(28-10-6-9-22(13-28)20(29)25-21(30)26-22)17-15(12-31-19(17)24-16)14-7-4-3-5-8-14/h3-5,7-8,12H,6,9-11,13H2,1-2H3,(H2,25,26,29,30). The average molecular weight is 437 g/mol. The Balaban J connectivity index is 1.64. The van der Waals surface area contributed by atoms with Crippen LogP contribution in [-0.2, 0) is 11.3 Å². The van der Waals surface area contributed by atoms with Crippen LogP contribution in [-0.4, -0.2) is 59.5 Å². The van der Waals surface area contributed by atoms with Gasteiger partial charge in [0.05, 0.1) is 18.5 Å². The zero-order valence-corrected chi connectivity index (χ0v) is 18.3. The number of anilines is 1. The summed E-state index contributed by atoms with van der Waals surface area (Å²) in [4.78, 5) is 39.3. The topological polar surface area (TPSA) is 90.5 Å². The third-order valence-electron chi connectivity index (χ3n) is 5.81. The van der Waals surface area contributed by atoms with Gasteiger partial charge in [-0.25, -0.2) is 14.8 Å². The lowest BCUT2D eigenvalue weighted by atomic mass is 9.89. The van der Waals surface area contributed by atoms with Crippen molar-refractivity contribution in [3.8, 4) is 11.1 Å². The second-order valence-electron chi connectivity index (χ2n) is 8.41. The van der Waals surface area contributed by atoms with E-state index in [1.807, 2.05) is 37.2 Å². The molecule has 2 aliphatic rings. The molecule has 5 rings (SSSR count). The first-order valence-electron chi connectivity index (χ1n) is 10.3. The van der Waals surface area contributed by atoms with Gasteiger partial charge in [0.15, 0.2) is 0 Å². The van der Waals surface area contributed by atoms with Crippen LogP contribution in [0.1, 0.15) is 18.7 Å². The van der Waals surface area contributed by atoms with Gasteiger partial charge < -0.3 is 15.1 Å². The summed E-state index contributed by atoms with van der Waals surface area (Å²) in [6, 6.07) is 9.79. The third-order valence-corrected chi connectivity index (χ3v) is 6.68. The Labute approximate surface area is 184 Å². The largest absolute Gasteiger partial charge is 0.353 e. The number of aromatic nitrogens is 2. The first kappa shape index (κ1) is 19.9. The molecule has 0 radical (unpaired) electrons. The Morgan fingerprint density at radius 1 is 1.19 bits per heavy atom. The summed E-state index contributed by atoms with van der Waals surface area (Å²) in [5.74, 6) is 1.32. The van der Waals surface area contributed by atoms with E-state index >= 15 is 0 Å². The summed E-state index contributed by atoms with van der Waals surface area (Å²) in [7, 11) is 3.98. The quantitative estimate of drug-likeness (QED) is 0.611. The number of piperidine rings is 1. The van der Waals surface area contributed by atoms with E-state index in [1.54, 1.807) is 11.3 Å². The SMILES string of the molecule is CN(C)Cc1nc(N2CCCC3(C2)NC(=O)NC3=O)c2c(-c3ccccc3)csc2n1. The molecule has 0 bridgehead atoms. The number of nitrogens with one attached hydrogen (secondary N) is 2. The van der Waals surface area contributed by atoms with Crippen LogP contribution in [0.2, 0.25) is 0 Å². The first-order chi connectivity index (χ1) is 14.9. The fourth-order valence-corrected chi connectivity index (χ4v) is 5.39. The van der Waals surface area contributed by atoms with Gasteiger partial charge in [0.25, 0.3) is 5.91 Å². The van der Waals surface area contributed by atoms with Crippen molar-refractivity contribution in [3.63, 3.8) is 0 Å². The molecule has 1 atom stereocenters. The van der Waals surface area contributed by atoms with Gasteiger partial charge in [-0.15, -0.1) is 11.3 Å². The minimum Gasteiger partial charge on any atom is -0.353 e. The molecule has 2 fully saturated rings. The van der Waals surface area contributed by atoms with Gasteiger partial charge in [-0.3, -0.25) is 10.1 Å². The minimum absolute atomic E-state index is 0.255. The number of fused-ring (bicyclic) bond motifs is 1. The van der Waals surface area contributed by atoms with E-state index in [0.29, 0.717) is 19.5 Å². The number of imide groups is 1. The summed E-state index contributed by atoms with van der Waals surface area (Å²) in [5, 5.41) is 8.39. The van der Waals surface area contributed by atoms with Crippen molar-refractivity contribution in [2.75, 3.05) is 32.1 Å². The van der Waals surface area contributed by atoms with Gasteiger partial charge in [-0.1, -0.05) is 30.3 Å². The fourth-order valence-electron chi connectivity index (χ4n) is 4.43. The van der Waals surface area contributed by atoms with Crippen molar-refractivity contribution in [1.82, 2.24) is 25.5 Å². The molecular formula is C22H24N6O2S. The maximum atomic E-state index is 12.6. The molecule has 3 aromatic rings. The van der Waals surface area contributed by atoms with E-state index in [2.05, 4.69) is 33.0 Å². The van der Waals surface area contributed by atoms with Crippen molar-refractivity contribution in [3.05, 3.63) is 41.5 Å². The monoisotopic (exact) mass is 436 g/mol. The van der Waals surface area contributed by atoms with E-state index in [4.69, 9.17) is 9.97 Å². The molecule has 9 heteroatoms. The molecule has 31 heavy (non-hydrogen) atoms. The predicted molar refractivity (Wildman–Crippen MR) is 121 cm³/mol. The molecular weight excluding hydrogens is 412 g/mol. The Morgan fingerprint density at radius 3 is 2.71 bits per heavy atom. The lowest BCUT2D eigenvalue weighted by Crippen LogP contribution is -2.58. The third kappa shape index (κ3) is 3.53. The van der Waals surface area contributed by atoms with Gasteiger partial charge in [0.2, 0.25) is 0 Å². The Bertz CT molecular complexity index is 1160. The van der Waals surface area contributed by atoms with Crippen molar-refractivity contribution in [2.45, 2.75) is 24.9 Å². The zero-order chi connectivity index (χ0) is 21.6. The van der Waals surface area contributed by atoms with Crippen molar-refractivity contribution >= 4 is 39.3 Å². The van der Waals surface area contributed by atoms with Gasteiger partial charge in [0, 0.05) is 17.5 Å². The highest BCUT2D eigenvalue weighted by Gasteiger charge is 2.49. The van der Waals surface area contributed by atoms with Crippen LogP contribution in [0, 0.1) is 0 Å². The Morgan fingerprint density at radius 2 is 2.00 bits per heavy atom. The molecule has 1 spiro atoms. The predicted octanol–water partition coefficient (Wildman–Crippen LogP) is 2.60. The van der Waals surface area contributed by atoms with Gasteiger partial charge >= 0.3 is 6.03 Å². The van der Waals surface area contributed by atoms with Crippen LogP contribution in [0.3, 0.4) is 0 Å². The van der Waals surface area contributed by atoms with Crippen molar-refractivity contribution in [2.24, 2.45) is 0 Å². The van der Waals surface area contributed by atoms with Crippen molar-refractivity contribution in [1.29, 1.82) is 0 Å². The molecule has 1 unspecified atom stereocenters. The van der Waals surface area contributed by atoms with Crippen LogP contribution in [0.15, 0.2) is 35.7 Å². The number of hydrogen-bond acceptors (Lipinski definition) is 7. The molecule has 3 amide bonds.